The van der Waals surface area contributed by atoms with Gasteiger partial charge in [-0.05, 0) is 34.1 Å². The third-order valence-corrected chi connectivity index (χ3v) is 3.69. The van der Waals surface area contributed by atoms with Crippen molar-refractivity contribution in [3.05, 3.63) is 45.0 Å². The number of rotatable bonds is 4. The molecule has 0 unspecified atom stereocenters. The van der Waals surface area contributed by atoms with Gasteiger partial charge in [-0.15, -0.1) is 11.3 Å². The lowest BCUT2D eigenvalue weighted by molar-refractivity contribution is 0.0880. The van der Waals surface area contributed by atoms with Crippen LogP contribution in [0.3, 0.4) is 0 Å². The fraction of sp³-hybridized carbons (Fsp3) is 0.0909. The van der Waals surface area contributed by atoms with Crippen LogP contribution in [-0.4, -0.2) is 11.6 Å². The predicted molar refractivity (Wildman–Crippen MR) is 64.0 cm³/mol. The van der Waals surface area contributed by atoms with E-state index in [1.165, 1.54) is 17.6 Å². The Morgan fingerprint density at radius 1 is 1.38 bits per heavy atom. The molecule has 0 spiro atoms. The number of ketones is 2. The summed E-state index contributed by atoms with van der Waals surface area (Å²) < 4.78 is 5.78. The number of hydrogen-bond acceptors (Lipinski definition) is 4. The van der Waals surface area contributed by atoms with E-state index in [9.17, 15) is 9.59 Å². The molecule has 0 aliphatic carbocycles. The number of furan rings is 1. The summed E-state index contributed by atoms with van der Waals surface area (Å²) >= 11 is 4.58. The molecule has 0 aromatic carbocycles. The minimum Gasteiger partial charge on any atom is -0.461 e. The third kappa shape index (κ3) is 2.48. The first-order valence-electron chi connectivity index (χ1n) is 4.51. The number of thiophene rings is 1. The van der Waals surface area contributed by atoms with Gasteiger partial charge in [-0.3, -0.25) is 9.59 Å². The highest BCUT2D eigenvalue weighted by Gasteiger charge is 2.16. The molecule has 0 radical (unpaired) electrons. The molecule has 0 saturated heterocycles. The molecule has 2 heterocycles. The lowest BCUT2D eigenvalue weighted by atomic mass is 10.1. The first kappa shape index (κ1) is 11.3. The van der Waals surface area contributed by atoms with Gasteiger partial charge in [0.2, 0.25) is 5.78 Å². The lowest BCUT2D eigenvalue weighted by Crippen LogP contribution is -2.06. The minimum atomic E-state index is -0.292. The molecule has 2 aromatic rings. The van der Waals surface area contributed by atoms with Crippen molar-refractivity contribution < 1.29 is 14.0 Å². The molecule has 0 aliphatic heterocycles. The van der Waals surface area contributed by atoms with Crippen LogP contribution in [0.15, 0.2) is 38.7 Å². The summed E-state index contributed by atoms with van der Waals surface area (Å²) in [6.07, 6.45) is 1.26. The predicted octanol–water partition coefficient (Wildman–Crippen LogP) is 3.56. The summed E-state index contributed by atoms with van der Waals surface area (Å²) in [5, 5.41) is 1.81. The zero-order valence-electron chi connectivity index (χ0n) is 8.10. The van der Waals surface area contributed by atoms with Crippen molar-refractivity contribution in [1.29, 1.82) is 0 Å². The molecule has 2 rings (SSSR count). The molecule has 82 valence electrons. The molecule has 0 aliphatic rings. The Balaban J connectivity index is 2.06. The van der Waals surface area contributed by atoms with E-state index in [4.69, 9.17) is 4.42 Å². The van der Waals surface area contributed by atoms with Crippen LogP contribution in [0.1, 0.15) is 26.6 Å². The van der Waals surface area contributed by atoms with E-state index in [-0.39, 0.29) is 23.7 Å². The van der Waals surface area contributed by atoms with Crippen molar-refractivity contribution in [3.8, 4) is 0 Å². The van der Waals surface area contributed by atoms with E-state index < -0.39 is 0 Å². The van der Waals surface area contributed by atoms with Gasteiger partial charge in [0.05, 0.1) is 17.6 Å². The highest BCUT2D eigenvalue weighted by Crippen LogP contribution is 2.21. The van der Waals surface area contributed by atoms with E-state index in [1.54, 1.807) is 18.2 Å². The van der Waals surface area contributed by atoms with Crippen LogP contribution in [0.4, 0.5) is 0 Å². The van der Waals surface area contributed by atoms with Crippen molar-refractivity contribution in [2.45, 2.75) is 6.42 Å². The van der Waals surface area contributed by atoms with Crippen molar-refractivity contribution in [3.63, 3.8) is 0 Å². The Morgan fingerprint density at radius 2 is 2.19 bits per heavy atom. The van der Waals surface area contributed by atoms with Gasteiger partial charge in [0.1, 0.15) is 0 Å². The fourth-order valence-corrected chi connectivity index (χ4v) is 2.58. The van der Waals surface area contributed by atoms with Crippen molar-refractivity contribution in [1.82, 2.24) is 0 Å². The quantitative estimate of drug-likeness (QED) is 0.640. The summed E-state index contributed by atoms with van der Waals surface area (Å²) in [5.74, 6) is -0.249. The lowest BCUT2D eigenvalue weighted by Gasteiger charge is -1.94. The topological polar surface area (TPSA) is 47.3 Å². The molecule has 5 heteroatoms. The van der Waals surface area contributed by atoms with Gasteiger partial charge in [-0.2, -0.15) is 0 Å². The molecular weight excluding hydrogens is 292 g/mol. The number of hydrogen-bond donors (Lipinski definition) is 0. The summed E-state index contributed by atoms with van der Waals surface area (Å²) in [5.41, 5.74) is 0. The van der Waals surface area contributed by atoms with Crippen LogP contribution in [-0.2, 0) is 0 Å². The van der Waals surface area contributed by atoms with Gasteiger partial charge in [-0.25, -0.2) is 0 Å². The van der Waals surface area contributed by atoms with Crippen molar-refractivity contribution in [2.75, 3.05) is 0 Å². The van der Waals surface area contributed by atoms with Gasteiger partial charge >= 0.3 is 0 Å². The number of carbonyl (C=O) groups excluding carboxylic acids is 2. The summed E-state index contributed by atoms with van der Waals surface area (Å²) in [4.78, 5) is 23.8. The molecule has 3 nitrogen and oxygen atoms in total. The maximum atomic E-state index is 11.7. The average molecular weight is 299 g/mol. The van der Waals surface area contributed by atoms with Crippen LogP contribution in [0, 0.1) is 0 Å². The third-order valence-electron chi connectivity index (χ3n) is 1.96. The van der Waals surface area contributed by atoms with Crippen LogP contribution in [0.5, 0.6) is 0 Å². The Bertz CT molecular complexity index is 513. The molecule has 0 atom stereocenters. The average Bonchev–Trinajstić information content (AvgIpc) is 2.87. The van der Waals surface area contributed by atoms with Crippen molar-refractivity contribution in [2.24, 2.45) is 0 Å². The fourth-order valence-electron chi connectivity index (χ4n) is 1.22. The number of halogens is 1. The zero-order valence-corrected chi connectivity index (χ0v) is 10.5. The normalized spacial score (nSPS) is 10.3. The molecule has 0 amide bonds. The maximum Gasteiger partial charge on any atom is 0.205 e. The molecule has 16 heavy (non-hydrogen) atoms. The molecule has 0 fully saturated rings. The van der Waals surface area contributed by atoms with Gasteiger partial charge < -0.3 is 4.42 Å². The number of carbonyl (C=O) groups is 2. The van der Waals surface area contributed by atoms with Crippen molar-refractivity contribution >= 4 is 38.8 Å². The molecule has 2 aromatic heterocycles. The maximum absolute atomic E-state index is 11.7. The van der Waals surface area contributed by atoms with Crippen LogP contribution in [0.2, 0.25) is 0 Å². The summed E-state index contributed by atoms with van der Waals surface area (Å²) in [7, 11) is 0. The largest absolute Gasteiger partial charge is 0.461 e. The monoisotopic (exact) mass is 298 g/mol. The van der Waals surface area contributed by atoms with Gasteiger partial charge in [0, 0.05) is 9.85 Å². The first-order chi connectivity index (χ1) is 7.66. The van der Waals surface area contributed by atoms with E-state index in [2.05, 4.69) is 15.9 Å². The second-order valence-corrected chi connectivity index (χ2v) is 4.96. The smallest absolute Gasteiger partial charge is 0.205 e. The van der Waals surface area contributed by atoms with Crippen LogP contribution < -0.4 is 0 Å². The Labute approximate surface area is 104 Å². The van der Waals surface area contributed by atoms with Gasteiger partial charge in [0.25, 0.3) is 0 Å². The first-order valence-corrected chi connectivity index (χ1v) is 6.18. The molecule has 0 saturated carbocycles. The summed E-state index contributed by atoms with van der Waals surface area (Å²) in [6.45, 7) is 0. The standard InChI is InChI=1S/C11H7BrO3S/c12-7-4-11(16-6-7)9(14)5-8(13)10-2-1-3-15-10/h1-4,6H,5H2. The number of Topliss-reactive ketones (excluding diaryl/α,β-unsaturated/α-hetero) is 2. The highest BCUT2D eigenvalue weighted by molar-refractivity contribution is 9.10. The van der Waals surface area contributed by atoms with E-state index in [0.717, 1.165) is 4.47 Å². The SMILES string of the molecule is O=C(CC(=O)c1cc(Br)cs1)c1ccco1. The second-order valence-electron chi connectivity index (χ2n) is 3.13. The molecule has 0 bridgehead atoms. The summed E-state index contributed by atoms with van der Waals surface area (Å²) in [6, 6.07) is 4.89. The van der Waals surface area contributed by atoms with Gasteiger partial charge in [0.15, 0.2) is 11.5 Å². The Hall–Kier alpha value is -1.20. The minimum absolute atomic E-state index is 0.152. The van der Waals surface area contributed by atoms with Crippen LogP contribution >= 0.6 is 27.3 Å². The Kier molecular flexibility index (Phi) is 3.36. The van der Waals surface area contributed by atoms with E-state index >= 15 is 0 Å². The molecule has 0 N–H and O–H groups in total. The van der Waals surface area contributed by atoms with E-state index in [0.29, 0.717) is 4.88 Å². The highest BCUT2D eigenvalue weighted by atomic mass is 79.9. The zero-order chi connectivity index (χ0) is 11.5. The van der Waals surface area contributed by atoms with Crippen LogP contribution in [0.25, 0.3) is 0 Å². The molecular formula is C11H7BrO3S. The van der Waals surface area contributed by atoms with E-state index in [1.807, 2.05) is 5.38 Å². The Morgan fingerprint density at radius 3 is 2.75 bits per heavy atom. The van der Waals surface area contributed by atoms with Gasteiger partial charge in [-0.1, -0.05) is 0 Å². The second kappa shape index (κ2) is 4.76.